The van der Waals surface area contributed by atoms with E-state index in [4.69, 9.17) is 9.47 Å². The van der Waals surface area contributed by atoms with Gasteiger partial charge in [0.05, 0.1) is 19.5 Å². The predicted octanol–water partition coefficient (Wildman–Crippen LogP) is 4.53. The molecule has 2 amide bonds. The van der Waals surface area contributed by atoms with Gasteiger partial charge in [-0.1, -0.05) is 6.07 Å². The number of thioether (sulfide) groups is 1. The van der Waals surface area contributed by atoms with Gasteiger partial charge in [-0.15, -0.1) is 23.1 Å². The number of nitrogens with one attached hydrogen (secondary N) is 2. The molecule has 1 heterocycles. The highest BCUT2D eigenvalue weighted by atomic mass is 32.2. The van der Waals surface area contributed by atoms with Crippen molar-refractivity contribution in [1.82, 2.24) is 4.98 Å². The largest absolute Gasteiger partial charge is 0.493 e. The molecule has 0 saturated carbocycles. The van der Waals surface area contributed by atoms with Crippen LogP contribution in [0.3, 0.4) is 0 Å². The fourth-order valence-corrected chi connectivity index (χ4v) is 4.04. The third-order valence-electron chi connectivity index (χ3n) is 4.08. The summed E-state index contributed by atoms with van der Waals surface area (Å²) in [7, 11) is 3.06. The first-order valence-electron chi connectivity index (χ1n) is 9.00. The number of thiazole rings is 1. The minimum atomic E-state index is -0.328. The number of hydrogen-bond acceptors (Lipinski definition) is 7. The van der Waals surface area contributed by atoms with E-state index in [1.165, 1.54) is 30.2 Å². The summed E-state index contributed by atoms with van der Waals surface area (Å²) >= 11 is 2.77. The lowest BCUT2D eigenvalue weighted by Gasteiger charge is -2.12. The fraction of sp³-hybridized carbons (Fsp3) is 0.190. The Kier molecular flexibility index (Phi) is 7.31. The van der Waals surface area contributed by atoms with Crippen molar-refractivity contribution in [2.45, 2.75) is 17.1 Å². The molecule has 3 aromatic rings. The molecule has 0 aliphatic rings. The van der Waals surface area contributed by atoms with Gasteiger partial charge < -0.3 is 20.1 Å². The van der Waals surface area contributed by atoms with Crippen LogP contribution in [0.2, 0.25) is 0 Å². The Morgan fingerprint density at radius 2 is 1.87 bits per heavy atom. The van der Waals surface area contributed by atoms with Crippen LogP contribution in [0.1, 0.15) is 17.3 Å². The van der Waals surface area contributed by atoms with Crippen molar-refractivity contribution in [3.8, 4) is 11.5 Å². The molecule has 0 aliphatic carbocycles. The smallest absolute Gasteiger partial charge is 0.255 e. The summed E-state index contributed by atoms with van der Waals surface area (Å²) in [6.45, 7) is 1.82. The quantitative estimate of drug-likeness (QED) is 0.497. The van der Waals surface area contributed by atoms with Crippen LogP contribution in [0, 0.1) is 0 Å². The Balaban J connectivity index is 1.65. The highest BCUT2D eigenvalue weighted by Gasteiger charge is 2.16. The van der Waals surface area contributed by atoms with Crippen molar-refractivity contribution in [1.29, 1.82) is 0 Å². The monoisotopic (exact) mass is 443 g/mol. The molecule has 7 nitrogen and oxygen atoms in total. The summed E-state index contributed by atoms with van der Waals surface area (Å²) in [5.41, 5.74) is 1.08. The Hall–Kier alpha value is -3.04. The predicted molar refractivity (Wildman–Crippen MR) is 120 cm³/mol. The third kappa shape index (κ3) is 5.52. The topological polar surface area (TPSA) is 89.5 Å². The van der Waals surface area contributed by atoms with E-state index in [0.29, 0.717) is 27.9 Å². The molecule has 156 valence electrons. The number of aromatic nitrogens is 1. The maximum atomic E-state index is 12.6. The number of hydrogen-bond donors (Lipinski definition) is 2. The number of carbonyl (C=O) groups excluding carboxylic acids is 2. The first kappa shape index (κ1) is 21.7. The summed E-state index contributed by atoms with van der Waals surface area (Å²) < 4.78 is 10.4. The molecule has 0 bridgehead atoms. The number of anilines is 2. The average molecular weight is 444 g/mol. The van der Waals surface area contributed by atoms with E-state index >= 15 is 0 Å². The summed E-state index contributed by atoms with van der Waals surface area (Å²) in [5.74, 6) is 0.634. The Morgan fingerprint density at radius 3 is 2.57 bits per heavy atom. The molecule has 0 fully saturated rings. The van der Waals surface area contributed by atoms with Crippen LogP contribution in [0.5, 0.6) is 11.5 Å². The van der Waals surface area contributed by atoms with Crippen LogP contribution in [0.25, 0.3) is 0 Å². The second kappa shape index (κ2) is 10.1. The van der Waals surface area contributed by atoms with E-state index < -0.39 is 0 Å². The van der Waals surface area contributed by atoms with Crippen molar-refractivity contribution >= 4 is 45.7 Å². The Labute approximate surface area is 182 Å². The van der Waals surface area contributed by atoms with Gasteiger partial charge >= 0.3 is 0 Å². The maximum absolute atomic E-state index is 12.6. The standard InChI is InChI=1S/C21H21N3O4S2/c1-13(19(25)24-21-22-9-10-29-21)30-16-6-4-5-15(12-16)23-20(26)14-7-8-17(27-2)18(11-14)28-3/h4-13H,1-3H3,(H,23,26)(H,22,24,25). The molecule has 0 saturated heterocycles. The van der Waals surface area contributed by atoms with Crippen LogP contribution in [-0.2, 0) is 4.79 Å². The van der Waals surface area contributed by atoms with Gasteiger partial charge in [0, 0.05) is 27.7 Å². The zero-order valence-electron chi connectivity index (χ0n) is 16.7. The van der Waals surface area contributed by atoms with Gasteiger partial charge in [-0.25, -0.2) is 4.98 Å². The molecular formula is C21H21N3O4S2. The zero-order valence-corrected chi connectivity index (χ0v) is 18.3. The van der Waals surface area contributed by atoms with E-state index in [1.807, 2.05) is 25.1 Å². The minimum absolute atomic E-state index is 0.130. The summed E-state index contributed by atoms with van der Waals surface area (Å²) in [6, 6.07) is 12.3. The highest BCUT2D eigenvalue weighted by Crippen LogP contribution is 2.29. The van der Waals surface area contributed by atoms with Crippen molar-refractivity contribution in [3.05, 3.63) is 59.6 Å². The maximum Gasteiger partial charge on any atom is 0.255 e. The van der Waals surface area contributed by atoms with E-state index in [1.54, 1.807) is 43.0 Å². The molecule has 2 aromatic carbocycles. The third-order valence-corrected chi connectivity index (χ3v) is 5.86. The Bertz CT molecular complexity index is 1020. The van der Waals surface area contributed by atoms with Crippen LogP contribution in [0.4, 0.5) is 10.8 Å². The molecule has 3 rings (SSSR count). The van der Waals surface area contributed by atoms with Gasteiger partial charge in [0.1, 0.15) is 0 Å². The molecule has 0 radical (unpaired) electrons. The van der Waals surface area contributed by atoms with Crippen molar-refractivity contribution in [2.75, 3.05) is 24.9 Å². The number of ether oxygens (including phenoxy) is 2. The second-order valence-electron chi connectivity index (χ2n) is 6.14. The van der Waals surface area contributed by atoms with E-state index in [-0.39, 0.29) is 17.1 Å². The van der Waals surface area contributed by atoms with Crippen LogP contribution in [0.15, 0.2) is 58.9 Å². The van der Waals surface area contributed by atoms with Crippen molar-refractivity contribution < 1.29 is 19.1 Å². The number of benzene rings is 2. The molecule has 2 N–H and O–H groups in total. The van der Waals surface area contributed by atoms with Crippen LogP contribution < -0.4 is 20.1 Å². The zero-order chi connectivity index (χ0) is 21.5. The highest BCUT2D eigenvalue weighted by molar-refractivity contribution is 8.00. The SMILES string of the molecule is COc1ccc(C(=O)Nc2cccc(SC(C)C(=O)Nc3nccs3)c2)cc1OC. The lowest BCUT2D eigenvalue weighted by molar-refractivity contribution is -0.115. The lowest BCUT2D eigenvalue weighted by Crippen LogP contribution is -2.22. The molecule has 1 unspecified atom stereocenters. The van der Waals surface area contributed by atoms with Gasteiger partial charge in [0.2, 0.25) is 5.91 Å². The number of amides is 2. The first-order chi connectivity index (χ1) is 14.5. The summed E-state index contributed by atoms with van der Waals surface area (Å²) in [4.78, 5) is 29.9. The van der Waals surface area contributed by atoms with Crippen LogP contribution >= 0.6 is 23.1 Å². The van der Waals surface area contributed by atoms with Crippen molar-refractivity contribution in [3.63, 3.8) is 0 Å². The van der Waals surface area contributed by atoms with Gasteiger partial charge in [0.25, 0.3) is 5.91 Å². The summed E-state index contributed by atoms with van der Waals surface area (Å²) in [6.07, 6.45) is 1.64. The van der Waals surface area contributed by atoms with Gasteiger partial charge in [-0.05, 0) is 43.3 Å². The molecule has 30 heavy (non-hydrogen) atoms. The molecule has 1 aromatic heterocycles. The lowest BCUT2D eigenvalue weighted by atomic mass is 10.2. The molecule has 1 atom stereocenters. The van der Waals surface area contributed by atoms with Gasteiger partial charge in [0.15, 0.2) is 16.6 Å². The van der Waals surface area contributed by atoms with Gasteiger partial charge in [-0.3, -0.25) is 9.59 Å². The number of methoxy groups -OCH3 is 2. The second-order valence-corrected chi connectivity index (χ2v) is 8.45. The normalized spacial score (nSPS) is 11.4. The van der Waals surface area contributed by atoms with E-state index in [2.05, 4.69) is 15.6 Å². The summed E-state index contributed by atoms with van der Waals surface area (Å²) in [5, 5.41) is 7.70. The molecule has 9 heteroatoms. The number of rotatable bonds is 8. The Morgan fingerprint density at radius 1 is 1.07 bits per heavy atom. The van der Waals surface area contributed by atoms with E-state index in [9.17, 15) is 9.59 Å². The van der Waals surface area contributed by atoms with Crippen molar-refractivity contribution in [2.24, 2.45) is 0 Å². The molecular weight excluding hydrogens is 422 g/mol. The minimum Gasteiger partial charge on any atom is -0.493 e. The average Bonchev–Trinajstić information content (AvgIpc) is 3.26. The van der Waals surface area contributed by atoms with Gasteiger partial charge in [-0.2, -0.15) is 0 Å². The van der Waals surface area contributed by atoms with Crippen LogP contribution in [-0.4, -0.2) is 36.3 Å². The molecule has 0 aliphatic heterocycles. The number of carbonyl (C=O) groups is 2. The first-order valence-corrected chi connectivity index (χ1v) is 10.8. The van der Waals surface area contributed by atoms with E-state index in [0.717, 1.165) is 4.90 Å². The number of nitrogens with zero attached hydrogens (tertiary/aromatic N) is 1. The fourth-order valence-electron chi connectivity index (χ4n) is 2.58. The molecule has 0 spiro atoms.